The second-order valence-corrected chi connectivity index (χ2v) is 47.9. The van der Waals surface area contributed by atoms with Crippen LogP contribution in [0.4, 0.5) is 0 Å². The zero-order valence-corrected chi connectivity index (χ0v) is 84.0. The number of benzene rings is 16. The molecular weight excluding hydrogens is 1750 g/mol. The Labute approximate surface area is 806 Å². The molecule has 0 bridgehead atoms. The molecule has 4 aliphatic rings. The summed E-state index contributed by atoms with van der Waals surface area (Å²) >= 11 is 0. The lowest BCUT2D eigenvalue weighted by molar-refractivity contribution is 0.324. The van der Waals surface area contributed by atoms with Gasteiger partial charge in [0.15, 0.2) is 32.3 Å². The van der Waals surface area contributed by atoms with E-state index in [1.807, 2.05) is 83.1 Å². The molecule has 0 aliphatic carbocycles. The first-order chi connectivity index (χ1) is 67.0. The van der Waals surface area contributed by atoms with E-state index < -0.39 is 32.3 Å². The zero-order valence-electron chi connectivity index (χ0n) is 80.0. The third kappa shape index (κ3) is 16.8. The fraction of sp³-hybridized carbons (Fsp3) is 0.200. The van der Waals surface area contributed by atoms with Crippen LogP contribution in [0, 0.1) is 0 Å². The van der Waals surface area contributed by atoms with Gasteiger partial charge in [-0.1, -0.05) is 279 Å². The molecule has 0 aromatic heterocycles. The molecule has 0 amide bonds. The van der Waals surface area contributed by atoms with Crippen molar-refractivity contribution in [3.8, 4) is 114 Å². The lowest BCUT2D eigenvalue weighted by atomic mass is 10.0. The molecule has 688 valence electrons. The van der Waals surface area contributed by atoms with Crippen molar-refractivity contribution in [3.63, 3.8) is 0 Å². The average molecular weight is 1870 g/mol. The maximum atomic E-state index is 6.38. The molecule has 136 heavy (non-hydrogen) atoms. The van der Waals surface area contributed by atoms with Crippen LogP contribution in [0.3, 0.4) is 0 Å². The summed E-state index contributed by atoms with van der Waals surface area (Å²) in [4.78, 5) is 0. The number of ether oxygens (including phenoxy) is 12. The van der Waals surface area contributed by atoms with Crippen molar-refractivity contribution in [2.75, 3.05) is 79.3 Å². The van der Waals surface area contributed by atoms with Crippen molar-refractivity contribution >= 4 is 115 Å². The quantitative estimate of drug-likeness (QED) is 0.0374. The summed E-state index contributed by atoms with van der Waals surface area (Å²) in [6.07, 6.45) is 0. The van der Waals surface area contributed by atoms with Crippen molar-refractivity contribution in [2.24, 2.45) is 0 Å². The summed E-state index contributed by atoms with van der Waals surface area (Å²) in [5.74, 6) is 10.8. The first-order valence-electron chi connectivity index (χ1n) is 48.3. The van der Waals surface area contributed by atoms with Gasteiger partial charge in [-0.05, 0) is 241 Å². The third-order valence-electron chi connectivity index (χ3n) is 25.9. The zero-order chi connectivity index (χ0) is 94.2. The van der Waals surface area contributed by atoms with Crippen LogP contribution >= 0.6 is 0 Å². The summed E-state index contributed by atoms with van der Waals surface area (Å²) in [5.41, 5.74) is 9.42. The van der Waals surface area contributed by atoms with E-state index >= 15 is 0 Å². The second-order valence-electron chi connectivity index (χ2n) is 33.2. The van der Waals surface area contributed by atoms with Crippen LogP contribution in [0.25, 0.3) is 44.5 Å². The lowest BCUT2D eigenvalue weighted by Gasteiger charge is -2.33. The van der Waals surface area contributed by atoms with Crippen molar-refractivity contribution in [1.82, 2.24) is 0 Å². The summed E-state index contributed by atoms with van der Waals surface area (Å²) in [6, 6.07) is 130. The molecule has 16 aromatic rings. The Balaban J connectivity index is 0.000000126. The highest BCUT2D eigenvalue weighted by atomic mass is 28.3. The fourth-order valence-corrected chi connectivity index (χ4v) is 42.7. The maximum absolute atomic E-state index is 6.38. The van der Waals surface area contributed by atoms with E-state index in [0.717, 1.165) is 85.7 Å². The lowest BCUT2D eigenvalue weighted by Crippen LogP contribution is -2.73. The van der Waals surface area contributed by atoms with Gasteiger partial charge >= 0.3 is 0 Å². The maximum Gasteiger partial charge on any atom is 0.190 e. The van der Waals surface area contributed by atoms with Crippen LogP contribution in [-0.4, -0.2) is 112 Å². The third-order valence-corrected chi connectivity index (χ3v) is 45.5. The van der Waals surface area contributed by atoms with Crippen LogP contribution < -0.4 is 140 Å². The van der Waals surface area contributed by atoms with E-state index in [-0.39, 0.29) is 0 Å². The van der Waals surface area contributed by atoms with Gasteiger partial charge in [-0.2, -0.15) is 0 Å². The molecular formula is C120H120O12Si4. The minimum absolute atomic E-state index is 0.588. The summed E-state index contributed by atoms with van der Waals surface area (Å²) < 4.78 is 74.4. The Bertz CT molecular complexity index is 6620. The number of hydrogen-bond donors (Lipinski definition) is 0. The highest BCUT2D eigenvalue weighted by Crippen LogP contribution is 2.46. The van der Waals surface area contributed by atoms with Crippen LogP contribution in [0.15, 0.2) is 364 Å². The van der Waals surface area contributed by atoms with Gasteiger partial charge in [-0.15, -0.1) is 0 Å². The van der Waals surface area contributed by atoms with Crippen molar-refractivity contribution in [2.45, 2.75) is 83.1 Å². The number of fused-ring (bicyclic) bond motifs is 12. The average Bonchev–Trinajstić information content (AvgIpc) is 1.53. The van der Waals surface area contributed by atoms with Crippen molar-refractivity contribution in [3.05, 3.63) is 364 Å². The summed E-state index contributed by atoms with van der Waals surface area (Å²) in [5, 5.41) is 21.0. The molecule has 16 heteroatoms. The highest BCUT2D eigenvalue weighted by Gasteiger charge is 2.57. The Morgan fingerprint density at radius 2 is 0.419 bits per heavy atom. The molecule has 16 aromatic carbocycles. The van der Waals surface area contributed by atoms with E-state index in [2.05, 4.69) is 364 Å². The molecule has 4 aliphatic heterocycles. The van der Waals surface area contributed by atoms with E-state index in [9.17, 15) is 0 Å². The second kappa shape index (κ2) is 42.7. The first-order valence-corrected chi connectivity index (χ1v) is 56.3. The summed E-state index contributed by atoms with van der Waals surface area (Å²) in [6.45, 7) is 31.7. The molecule has 0 atom stereocenters. The molecule has 0 saturated heterocycles. The van der Waals surface area contributed by atoms with Gasteiger partial charge in [-0.25, -0.2) is 0 Å². The van der Waals surface area contributed by atoms with Crippen LogP contribution in [0.2, 0.25) is 0 Å². The van der Waals surface area contributed by atoms with Gasteiger partial charge in [0.2, 0.25) is 0 Å². The van der Waals surface area contributed by atoms with E-state index in [0.29, 0.717) is 79.3 Å². The standard InChI is InChI=1S/4C30H30O3Si/c1-4-31-22-20-25-29-26(32-5-2)18-13-19-28(29)34(23-14-9-7-10-15-23,24-16-11-8-12-17-24)30(25)27(21-22)33-6-3;1-4-31-25-20-21-27(33-6-3)30-28(25)24-18-13-19-26(32-5-2)29(24)34(30,22-14-9-7-10-15-22)23-16-11-8-12-17-23;1-4-31-22-17-18-29-26(19-22)27-20-23(32-5-2)21-28(33-6-3)30(27)34(29,24-13-9-7-10-14-24)25-15-11-8-12-16-25;1-4-31-22-17-18-25-28(21-22)34(23-13-9-7-10-14-23,24-15-11-8-12-16-24)30-27(33-6-3)20-19-26(29(25)30)32-5-2/h4*7-21H,4-6H2,1-3H3. The van der Waals surface area contributed by atoms with E-state index in [4.69, 9.17) is 56.8 Å². The Hall–Kier alpha value is -14.0. The molecule has 0 saturated carbocycles. The van der Waals surface area contributed by atoms with Gasteiger partial charge < -0.3 is 56.8 Å². The molecule has 0 radical (unpaired) electrons. The Morgan fingerprint density at radius 1 is 0.147 bits per heavy atom. The predicted molar refractivity (Wildman–Crippen MR) is 570 cm³/mol. The van der Waals surface area contributed by atoms with Crippen molar-refractivity contribution in [1.29, 1.82) is 0 Å². The number of rotatable bonds is 32. The van der Waals surface area contributed by atoms with Crippen LogP contribution in [-0.2, 0) is 0 Å². The minimum atomic E-state index is -2.78. The molecule has 0 spiro atoms. The molecule has 0 N–H and O–H groups in total. The molecule has 20 rings (SSSR count). The monoisotopic (exact) mass is 1860 g/mol. The minimum Gasteiger partial charge on any atom is -0.494 e. The van der Waals surface area contributed by atoms with Crippen molar-refractivity contribution < 1.29 is 56.8 Å². The molecule has 4 heterocycles. The van der Waals surface area contributed by atoms with Crippen LogP contribution in [0.1, 0.15) is 83.1 Å². The molecule has 0 unspecified atom stereocenters. The van der Waals surface area contributed by atoms with E-state index in [1.54, 1.807) is 0 Å². The highest BCUT2D eigenvalue weighted by molar-refractivity contribution is 7.25. The SMILES string of the molecule is CCOc1cc(OCC)c2c(c1)-c1c(OCC)cccc1[Si]2(c1ccccc1)c1ccccc1.CCOc1ccc(OCC)c2c1-c1cccc(OCC)c1[Si]2(c1ccccc1)c1ccccc1.CCOc1ccc2c(c1)-c1cc(OCC)cc(OCC)c1[Si]2(c1ccccc1)c1ccccc1.CCOc1ccc2c(c1)[Si](c1ccccc1)(c1ccccc1)c1c(OCC)ccc(OCC)c1-2. The normalized spacial score (nSPS) is 13.1. The molecule has 12 nitrogen and oxygen atoms in total. The topological polar surface area (TPSA) is 111 Å². The summed E-state index contributed by atoms with van der Waals surface area (Å²) in [7, 11) is -10.8. The van der Waals surface area contributed by atoms with Gasteiger partial charge in [0.25, 0.3) is 0 Å². The smallest absolute Gasteiger partial charge is 0.190 e. The Kier molecular flexibility index (Phi) is 29.4. The molecule has 0 fully saturated rings. The fourth-order valence-electron chi connectivity index (χ4n) is 21.4. The van der Waals surface area contributed by atoms with Crippen LogP contribution in [0.5, 0.6) is 69.0 Å². The Morgan fingerprint density at radius 3 is 0.824 bits per heavy atom. The first kappa shape index (κ1) is 93.8. The predicted octanol–water partition coefficient (Wildman–Crippen LogP) is 17.0. The van der Waals surface area contributed by atoms with Gasteiger partial charge in [0.05, 0.1) is 79.3 Å². The van der Waals surface area contributed by atoms with E-state index in [1.165, 1.54) is 111 Å². The van der Waals surface area contributed by atoms with Gasteiger partial charge in [0, 0.05) is 54.8 Å². The largest absolute Gasteiger partial charge is 0.494 e. The van der Waals surface area contributed by atoms with Gasteiger partial charge in [0.1, 0.15) is 69.0 Å². The number of hydrogen-bond acceptors (Lipinski definition) is 12. The van der Waals surface area contributed by atoms with Gasteiger partial charge in [-0.3, -0.25) is 0 Å².